The standard InChI is InChI=1S/C23H31F2N5O2/c1-16-6-7-21(32-16)20(29-10-12-31-13-11-29)14-27-23(26-2)28-17-8-9-30(15-17)22-18(24)4-3-5-19(22)25/h3-7,17,20H,8-15H2,1-2H3,(H2,26,27,28). The first-order chi connectivity index (χ1) is 15.5. The molecule has 2 aromatic rings. The molecule has 7 nitrogen and oxygen atoms in total. The van der Waals surface area contributed by atoms with Crippen molar-refractivity contribution in [1.82, 2.24) is 15.5 Å². The second kappa shape index (κ2) is 10.3. The summed E-state index contributed by atoms with van der Waals surface area (Å²) < 4.78 is 39.7. The molecule has 4 rings (SSSR count). The quantitative estimate of drug-likeness (QED) is 0.525. The van der Waals surface area contributed by atoms with Gasteiger partial charge in [0.15, 0.2) is 5.96 Å². The average molecular weight is 448 g/mol. The maximum Gasteiger partial charge on any atom is 0.191 e. The van der Waals surface area contributed by atoms with Crippen molar-refractivity contribution in [3.63, 3.8) is 0 Å². The van der Waals surface area contributed by atoms with E-state index in [1.807, 2.05) is 19.1 Å². The Kier molecular flexibility index (Phi) is 7.26. The minimum Gasteiger partial charge on any atom is -0.465 e. The number of hydrogen-bond donors (Lipinski definition) is 2. The van der Waals surface area contributed by atoms with Gasteiger partial charge in [-0.1, -0.05) is 6.07 Å². The first-order valence-electron chi connectivity index (χ1n) is 11.1. The molecule has 3 heterocycles. The van der Waals surface area contributed by atoms with Crippen LogP contribution >= 0.6 is 0 Å². The topological polar surface area (TPSA) is 65.3 Å². The minimum atomic E-state index is -0.532. The highest BCUT2D eigenvalue weighted by molar-refractivity contribution is 5.80. The number of nitrogens with zero attached hydrogens (tertiary/aromatic N) is 3. The number of anilines is 1. The van der Waals surface area contributed by atoms with Crippen LogP contribution < -0.4 is 15.5 Å². The van der Waals surface area contributed by atoms with Crippen LogP contribution in [-0.2, 0) is 4.74 Å². The van der Waals surface area contributed by atoms with E-state index >= 15 is 0 Å². The van der Waals surface area contributed by atoms with Crippen molar-refractivity contribution in [3.05, 3.63) is 53.5 Å². The molecule has 0 spiro atoms. The summed E-state index contributed by atoms with van der Waals surface area (Å²) in [5.41, 5.74) is 0.0420. The first kappa shape index (κ1) is 22.5. The van der Waals surface area contributed by atoms with Gasteiger partial charge in [-0.15, -0.1) is 0 Å². The molecule has 0 saturated carbocycles. The lowest BCUT2D eigenvalue weighted by molar-refractivity contribution is 0.0124. The zero-order valence-electron chi connectivity index (χ0n) is 18.6. The van der Waals surface area contributed by atoms with Crippen LogP contribution in [0, 0.1) is 18.6 Å². The van der Waals surface area contributed by atoms with Gasteiger partial charge < -0.3 is 24.7 Å². The van der Waals surface area contributed by atoms with E-state index in [0.29, 0.717) is 38.8 Å². The lowest BCUT2D eigenvalue weighted by Gasteiger charge is -2.33. The number of halogens is 2. The van der Waals surface area contributed by atoms with Gasteiger partial charge in [-0.2, -0.15) is 0 Å². The van der Waals surface area contributed by atoms with E-state index in [2.05, 4.69) is 20.5 Å². The predicted octanol–water partition coefficient (Wildman–Crippen LogP) is 2.68. The predicted molar refractivity (Wildman–Crippen MR) is 120 cm³/mol. The van der Waals surface area contributed by atoms with Crippen molar-refractivity contribution in [3.8, 4) is 0 Å². The van der Waals surface area contributed by atoms with Crippen LogP contribution in [0.3, 0.4) is 0 Å². The molecule has 0 bridgehead atoms. The van der Waals surface area contributed by atoms with Gasteiger partial charge in [-0.05, 0) is 37.6 Å². The van der Waals surface area contributed by atoms with Gasteiger partial charge in [-0.3, -0.25) is 9.89 Å². The third-order valence-corrected chi connectivity index (χ3v) is 6.05. The summed E-state index contributed by atoms with van der Waals surface area (Å²) in [7, 11) is 1.72. The Morgan fingerprint density at radius 3 is 2.56 bits per heavy atom. The normalized spacial score (nSPS) is 21.1. The molecular weight excluding hydrogens is 416 g/mol. The molecule has 2 unspecified atom stereocenters. The van der Waals surface area contributed by atoms with Crippen LogP contribution in [0.25, 0.3) is 0 Å². The molecule has 1 aromatic heterocycles. The van der Waals surface area contributed by atoms with Crippen molar-refractivity contribution in [2.45, 2.75) is 25.4 Å². The SMILES string of the molecule is CN=C(NCC(c1ccc(C)o1)N1CCOCC1)NC1CCN(c2c(F)cccc2F)C1. The molecule has 2 fully saturated rings. The number of morpholine rings is 1. The Morgan fingerprint density at radius 1 is 1.16 bits per heavy atom. The van der Waals surface area contributed by atoms with E-state index in [0.717, 1.165) is 31.0 Å². The van der Waals surface area contributed by atoms with Crippen LogP contribution in [-0.4, -0.2) is 69.9 Å². The molecular formula is C23H31F2N5O2. The van der Waals surface area contributed by atoms with E-state index in [9.17, 15) is 8.78 Å². The molecule has 2 saturated heterocycles. The molecule has 0 aliphatic carbocycles. The highest BCUT2D eigenvalue weighted by Crippen LogP contribution is 2.27. The fourth-order valence-corrected chi connectivity index (χ4v) is 4.38. The van der Waals surface area contributed by atoms with Gasteiger partial charge in [0, 0.05) is 45.8 Å². The molecule has 1 aromatic carbocycles. The molecule has 2 N–H and O–H groups in total. The van der Waals surface area contributed by atoms with Gasteiger partial charge in [0.2, 0.25) is 0 Å². The Labute approximate surface area is 187 Å². The largest absolute Gasteiger partial charge is 0.465 e. The van der Waals surface area contributed by atoms with Crippen LogP contribution in [0.4, 0.5) is 14.5 Å². The van der Waals surface area contributed by atoms with E-state index in [-0.39, 0.29) is 17.8 Å². The Bertz CT molecular complexity index is 909. The number of furan rings is 1. The fraction of sp³-hybridized carbons (Fsp3) is 0.522. The van der Waals surface area contributed by atoms with Crippen molar-refractivity contribution >= 4 is 11.6 Å². The fourth-order valence-electron chi connectivity index (χ4n) is 4.38. The summed E-state index contributed by atoms with van der Waals surface area (Å²) >= 11 is 0. The first-order valence-corrected chi connectivity index (χ1v) is 11.1. The van der Waals surface area contributed by atoms with Crippen molar-refractivity contribution in [2.24, 2.45) is 4.99 Å². The second-order valence-electron chi connectivity index (χ2n) is 8.21. The lowest BCUT2D eigenvalue weighted by Crippen LogP contribution is -2.48. The maximum absolute atomic E-state index is 14.1. The number of para-hydroxylation sites is 1. The minimum absolute atomic E-state index is 0.0351. The van der Waals surface area contributed by atoms with E-state index in [1.165, 1.54) is 18.2 Å². The smallest absolute Gasteiger partial charge is 0.191 e. The van der Waals surface area contributed by atoms with Crippen LogP contribution in [0.1, 0.15) is 24.0 Å². The van der Waals surface area contributed by atoms with Crippen molar-refractivity contribution < 1.29 is 17.9 Å². The van der Waals surface area contributed by atoms with Crippen molar-refractivity contribution in [1.29, 1.82) is 0 Å². The maximum atomic E-state index is 14.1. The second-order valence-corrected chi connectivity index (χ2v) is 8.21. The van der Waals surface area contributed by atoms with Gasteiger partial charge >= 0.3 is 0 Å². The molecule has 174 valence electrons. The summed E-state index contributed by atoms with van der Waals surface area (Å²) in [5, 5.41) is 6.81. The summed E-state index contributed by atoms with van der Waals surface area (Å²) in [4.78, 5) is 8.45. The van der Waals surface area contributed by atoms with Crippen LogP contribution in [0.2, 0.25) is 0 Å². The molecule has 32 heavy (non-hydrogen) atoms. The number of aliphatic imine (C=N–C) groups is 1. The molecule has 9 heteroatoms. The van der Waals surface area contributed by atoms with Gasteiger partial charge in [0.1, 0.15) is 28.8 Å². The molecule has 0 amide bonds. The van der Waals surface area contributed by atoms with Crippen LogP contribution in [0.5, 0.6) is 0 Å². The zero-order chi connectivity index (χ0) is 22.5. The molecule has 2 aliphatic heterocycles. The monoisotopic (exact) mass is 447 g/mol. The van der Waals surface area contributed by atoms with E-state index in [1.54, 1.807) is 11.9 Å². The number of rotatable bonds is 6. The van der Waals surface area contributed by atoms with Gasteiger partial charge in [-0.25, -0.2) is 8.78 Å². The van der Waals surface area contributed by atoms with Crippen LogP contribution in [0.15, 0.2) is 39.7 Å². The van der Waals surface area contributed by atoms with E-state index in [4.69, 9.17) is 9.15 Å². The molecule has 2 atom stereocenters. The summed E-state index contributed by atoms with van der Waals surface area (Å²) in [6.45, 7) is 6.72. The Hall–Kier alpha value is -2.65. The number of guanidine groups is 1. The lowest BCUT2D eigenvalue weighted by atomic mass is 10.1. The summed E-state index contributed by atoms with van der Waals surface area (Å²) in [6, 6.07) is 8.06. The number of ether oxygens (including phenoxy) is 1. The number of nitrogens with one attached hydrogen (secondary N) is 2. The van der Waals surface area contributed by atoms with E-state index < -0.39 is 11.6 Å². The number of benzene rings is 1. The average Bonchev–Trinajstić information content (AvgIpc) is 3.43. The highest BCUT2D eigenvalue weighted by Gasteiger charge is 2.29. The number of aryl methyl sites for hydroxylation is 1. The molecule has 2 aliphatic rings. The summed E-state index contributed by atoms with van der Waals surface area (Å²) in [5.74, 6) is 1.39. The van der Waals surface area contributed by atoms with Gasteiger partial charge in [0.25, 0.3) is 0 Å². The van der Waals surface area contributed by atoms with Crippen molar-refractivity contribution in [2.75, 3.05) is 57.9 Å². The third kappa shape index (κ3) is 5.21. The highest BCUT2D eigenvalue weighted by atomic mass is 19.1. The Morgan fingerprint density at radius 2 is 1.91 bits per heavy atom. The number of hydrogen-bond acceptors (Lipinski definition) is 5. The molecule has 0 radical (unpaired) electrons. The zero-order valence-corrected chi connectivity index (χ0v) is 18.6. The Balaban J connectivity index is 1.36. The summed E-state index contributed by atoms with van der Waals surface area (Å²) in [6.07, 6.45) is 0.763. The van der Waals surface area contributed by atoms with Gasteiger partial charge in [0.05, 0.1) is 19.3 Å². The third-order valence-electron chi connectivity index (χ3n) is 6.05.